The minimum atomic E-state index is -5.05. The van der Waals surface area contributed by atoms with Crippen LogP contribution in [0.15, 0.2) is 12.2 Å². The van der Waals surface area contributed by atoms with Crippen LogP contribution in [-0.2, 0) is 38.3 Å². The predicted molar refractivity (Wildman–Crippen MR) is 202 cm³/mol. The summed E-state index contributed by atoms with van der Waals surface area (Å²) in [6, 6.07) is 0. The maximum Gasteiger partial charge on any atom is 0.397 e. The second kappa shape index (κ2) is 32.1. The SMILES string of the molecule is CCCCCCCC/C=C\CCCCCCCCCCCC(=O)OC(COCCCCCCCC)COC1OC(CO)C(O)C(OS(=O)(=O)O)C1O. The van der Waals surface area contributed by atoms with E-state index in [0.29, 0.717) is 13.0 Å². The molecule has 0 aromatic heterocycles. The number of carbonyl (C=O) groups is 1. The lowest BCUT2D eigenvalue weighted by atomic mass is 9.99. The number of hydrogen-bond donors (Lipinski definition) is 4. The normalized spacial score (nSPS) is 21.5. The molecule has 1 aliphatic heterocycles. The van der Waals surface area contributed by atoms with Gasteiger partial charge in [0.1, 0.15) is 30.5 Å². The third-order valence-electron chi connectivity index (χ3n) is 9.39. The summed E-state index contributed by atoms with van der Waals surface area (Å²) in [6.07, 6.45) is 22.8. The van der Waals surface area contributed by atoms with Gasteiger partial charge in [0.25, 0.3) is 0 Å². The van der Waals surface area contributed by atoms with Crippen molar-refractivity contribution in [2.75, 3.05) is 26.4 Å². The summed E-state index contributed by atoms with van der Waals surface area (Å²) in [5, 5.41) is 30.5. The van der Waals surface area contributed by atoms with Crippen LogP contribution < -0.4 is 0 Å². The molecule has 0 saturated carbocycles. The zero-order valence-electron chi connectivity index (χ0n) is 32.4. The Labute approximate surface area is 315 Å². The summed E-state index contributed by atoms with van der Waals surface area (Å²) in [4.78, 5) is 12.7. The van der Waals surface area contributed by atoms with Crippen molar-refractivity contribution in [2.24, 2.45) is 0 Å². The van der Waals surface area contributed by atoms with Gasteiger partial charge in [-0.1, -0.05) is 135 Å². The van der Waals surface area contributed by atoms with Gasteiger partial charge in [-0.3, -0.25) is 9.35 Å². The lowest BCUT2D eigenvalue weighted by molar-refractivity contribution is -0.301. The molecule has 0 amide bonds. The Balaban J connectivity index is 2.36. The zero-order chi connectivity index (χ0) is 38.3. The van der Waals surface area contributed by atoms with Crippen LogP contribution in [0.3, 0.4) is 0 Å². The number of unbranched alkanes of at least 4 members (excludes halogenated alkanes) is 20. The first-order valence-corrected chi connectivity index (χ1v) is 21.8. The molecule has 0 aliphatic carbocycles. The minimum Gasteiger partial charge on any atom is -0.457 e. The summed E-state index contributed by atoms with van der Waals surface area (Å²) in [5.41, 5.74) is 0. The van der Waals surface area contributed by atoms with Crippen molar-refractivity contribution < 1.29 is 56.2 Å². The molecule has 1 rings (SSSR count). The third kappa shape index (κ3) is 25.8. The summed E-state index contributed by atoms with van der Waals surface area (Å²) in [7, 11) is -5.05. The van der Waals surface area contributed by atoms with E-state index in [2.05, 4.69) is 30.2 Å². The van der Waals surface area contributed by atoms with Crippen molar-refractivity contribution in [2.45, 2.75) is 205 Å². The Morgan fingerprint density at radius 2 is 1.21 bits per heavy atom. The van der Waals surface area contributed by atoms with Gasteiger partial charge in [-0.25, -0.2) is 4.18 Å². The van der Waals surface area contributed by atoms with Crippen molar-refractivity contribution in [3.8, 4) is 0 Å². The molecule has 6 atom stereocenters. The van der Waals surface area contributed by atoms with Crippen molar-refractivity contribution in [3.63, 3.8) is 0 Å². The Bertz CT molecular complexity index is 978. The van der Waals surface area contributed by atoms with Gasteiger partial charge in [0.15, 0.2) is 6.29 Å². The van der Waals surface area contributed by atoms with E-state index in [1.54, 1.807) is 0 Å². The van der Waals surface area contributed by atoms with Gasteiger partial charge in [0.2, 0.25) is 0 Å². The van der Waals surface area contributed by atoms with Gasteiger partial charge in [-0.2, -0.15) is 8.42 Å². The quantitative estimate of drug-likeness (QED) is 0.0216. The van der Waals surface area contributed by atoms with Crippen LogP contribution in [0.5, 0.6) is 0 Å². The molecule has 0 radical (unpaired) electrons. The molecule has 52 heavy (non-hydrogen) atoms. The van der Waals surface area contributed by atoms with Crippen molar-refractivity contribution in [3.05, 3.63) is 12.2 Å². The third-order valence-corrected chi connectivity index (χ3v) is 9.85. The van der Waals surface area contributed by atoms with E-state index in [9.17, 15) is 28.5 Å². The van der Waals surface area contributed by atoms with Gasteiger partial charge in [0, 0.05) is 13.0 Å². The van der Waals surface area contributed by atoms with E-state index in [4.69, 9.17) is 23.5 Å². The fraction of sp³-hybridized carbons (Fsp3) is 0.923. The molecule has 13 heteroatoms. The van der Waals surface area contributed by atoms with E-state index in [-0.39, 0.29) is 19.6 Å². The molecule has 1 fully saturated rings. The molecule has 12 nitrogen and oxygen atoms in total. The van der Waals surface area contributed by atoms with Crippen LogP contribution in [0, 0.1) is 0 Å². The number of aliphatic hydroxyl groups excluding tert-OH is 3. The van der Waals surface area contributed by atoms with Gasteiger partial charge in [0.05, 0.1) is 19.8 Å². The standard InChI is InChI=1S/C39H74O12S/c1-3-5-7-9-11-12-13-14-15-16-17-18-19-20-21-22-23-24-26-28-35(41)49-33(31-47-29-27-25-10-8-6-4-2)32-48-39-37(43)38(51-52(44,45)46)36(42)34(30-40)50-39/h14-15,33-34,36-40,42-43H,3-13,16-32H2,1-2H3,(H,44,45,46)/b15-14-. The van der Waals surface area contributed by atoms with Gasteiger partial charge in [-0.05, 0) is 38.5 Å². The van der Waals surface area contributed by atoms with Gasteiger partial charge >= 0.3 is 16.4 Å². The molecule has 1 saturated heterocycles. The molecule has 0 spiro atoms. The molecular formula is C39H74O12S. The first kappa shape index (κ1) is 48.9. The summed E-state index contributed by atoms with van der Waals surface area (Å²) in [6.45, 7) is 3.92. The second-order valence-corrected chi connectivity index (χ2v) is 15.3. The molecular weight excluding hydrogens is 692 g/mol. The molecule has 0 bridgehead atoms. The van der Waals surface area contributed by atoms with Crippen LogP contribution >= 0.6 is 0 Å². The monoisotopic (exact) mass is 766 g/mol. The summed E-state index contributed by atoms with van der Waals surface area (Å²) in [5.74, 6) is -0.404. The topological polar surface area (TPSA) is 178 Å². The maximum absolute atomic E-state index is 12.7. The number of ether oxygens (including phenoxy) is 4. The zero-order valence-corrected chi connectivity index (χ0v) is 33.2. The Morgan fingerprint density at radius 3 is 1.73 bits per heavy atom. The predicted octanol–water partition coefficient (Wildman–Crippen LogP) is 7.52. The molecule has 1 heterocycles. The fourth-order valence-electron chi connectivity index (χ4n) is 6.25. The highest BCUT2D eigenvalue weighted by atomic mass is 32.3. The summed E-state index contributed by atoms with van der Waals surface area (Å²) < 4.78 is 58.6. The van der Waals surface area contributed by atoms with E-state index >= 15 is 0 Å². The summed E-state index contributed by atoms with van der Waals surface area (Å²) >= 11 is 0. The number of carbonyl (C=O) groups excluding carboxylic acids is 1. The average Bonchev–Trinajstić information content (AvgIpc) is 3.11. The molecule has 4 N–H and O–H groups in total. The van der Waals surface area contributed by atoms with Crippen LogP contribution in [0.4, 0.5) is 0 Å². The van der Waals surface area contributed by atoms with Crippen LogP contribution in [-0.4, -0.2) is 97.5 Å². The first-order chi connectivity index (χ1) is 25.1. The highest BCUT2D eigenvalue weighted by Crippen LogP contribution is 2.26. The Kier molecular flexibility index (Phi) is 30.2. The Morgan fingerprint density at radius 1 is 0.712 bits per heavy atom. The molecule has 0 aromatic carbocycles. The average molecular weight is 767 g/mol. The van der Waals surface area contributed by atoms with Crippen molar-refractivity contribution in [1.82, 2.24) is 0 Å². The fourth-order valence-corrected chi connectivity index (χ4v) is 6.76. The number of aliphatic hydroxyl groups is 3. The van der Waals surface area contributed by atoms with E-state index in [0.717, 1.165) is 38.5 Å². The molecule has 0 aromatic rings. The highest BCUT2D eigenvalue weighted by molar-refractivity contribution is 7.80. The lowest BCUT2D eigenvalue weighted by Crippen LogP contribution is -2.60. The number of esters is 1. The Hall–Kier alpha value is -1.16. The number of rotatable bonds is 35. The van der Waals surface area contributed by atoms with Crippen LogP contribution in [0.2, 0.25) is 0 Å². The van der Waals surface area contributed by atoms with Crippen LogP contribution in [0.25, 0.3) is 0 Å². The number of allylic oxidation sites excluding steroid dienone is 2. The highest BCUT2D eigenvalue weighted by Gasteiger charge is 2.48. The van der Waals surface area contributed by atoms with Crippen molar-refractivity contribution in [1.29, 1.82) is 0 Å². The van der Waals surface area contributed by atoms with Crippen molar-refractivity contribution >= 4 is 16.4 Å². The number of hydrogen-bond acceptors (Lipinski definition) is 11. The van der Waals surface area contributed by atoms with Gasteiger partial charge < -0.3 is 34.3 Å². The lowest BCUT2D eigenvalue weighted by Gasteiger charge is -2.41. The van der Waals surface area contributed by atoms with Crippen LogP contribution in [0.1, 0.15) is 168 Å². The maximum atomic E-state index is 12.7. The van der Waals surface area contributed by atoms with E-state index in [1.807, 2.05) is 0 Å². The molecule has 6 unspecified atom stereocenters. The van der Waals surface area contributed by atoms with Gasteiger partial charge in [-0.15, -0.1) is 0 Å². The van der Waals surface area contributed by atoms with E-state index in [1.165, 1.54) is 103 Å². The minimum absolute atomic E-state index is 0.0377. The first-order valence-electron chi connectivity index (χ1n) is 20.4. The second-order valence-electron chi connectivity index (χ2n) is 14.2. The smallest absolute Gasteiger partial charge is 0.397 e. The largest absolute Gasteiger partial charge is 0.457 e. The molecule has 308 valence electrons. The molecule has 1 aliphatic rings. The van der Waals surface area contributed by atoms with E-state index < -0.39 is 59.8 Å².